The Morgan fingerprint density at radius 3 is 2.42 bits per heavy atom. The maximum Gasteiger partial charge on any atom is 0.319 e. The van der Waals surface area contributed by atoms with E-state index in [9.17, 15) is 4.79 Å². The van der Waals surface area contributed by atoms with E-state index < -0.39 is 0 Å². The van der Waals surface area contributed by atoms with Crippen molar-refractivity contribution in [3.63, 3.8) is 0 Å². The number of benzene rings is 1. The van der Waals surface area contributed by atoms with Gasteiger partial charge in [-0.2, -0.15) is 0 Å². The fraction of sp³-hybridized carbons (Fsp3) is 0.533. The summed E-state index contributed by atoms with van der Waals surface area (Å²) < 4.78 is 0. The van der Waals surface area contributed by atoms with Crippen LogP contribution >= 0.6 is 0 Å². The number of hydrogen-bond acceptors (Lipinski definition) is 2. The number of amides is 2. The minimum Gasteiger partial charge on any atom is -0.385 e. The van der Waals surface area contributed by atoms with Crippen molar-refractivity contribution in [1.29, 1.82) is 0 Å². The predicted molar refractivity (Wildman–Crippen MR) is 79.6 cm³/mol. The molecule has 0 bridgehead atoms. The maximum atomic E-state index is 11.6. The average molecular weight is 261 g/mol. The van der Waals surface area contributed by atoms with Crippen LogP contribution in [-0.4, -0.2) is 18.6 Å². The van der Waals surface area contributed by atoms with E-state index in [2.05, 4.69) is 29.8 Å². The van der Waals surface area contributed by atoms with Crippen molar-refractivity contribution in [2.75, 3.05) is 17.2 Å². The van der Waals surface area contributed by atoms with E-state index in [1.165, 1.54) is 0 Å². The van der Waals surface area contributed by atoms with Crippen LogP contribution in [0.15, 0.2) is 24.3 Å². The Labute approximate surface area is 115 Å². The third-order valence-corrected chi connectivity index (χ3v) is 3.11. The lowest BCUT2D eigenvalue weighted by molar-refractivity contribution is 0.251. The van der Waals surface area contributed by atoms with E-state index in [0.29, 0.717) is 12.0 Å². The van der Waals surface area contributed by atoms with E-state index in [0.717, 1.165) is 37.2 Å². The highest BCUT2D eigenvalue weighted by Crippen LogP contribution is 2.19. The van der Waals surface area contributed by atoms with Gasteiger partial charge in [0.1, 0.15) is 0 Å². The van der Waals surface area contributed by atoms with Crippen LogP contribution in [0.4, 0.5) is 16.2 Å². The second-order valence-electron chi connectivity index (χ2n) is 5.56. The molecule has 2 rings (SSSR count). The highest BCUT2D eigenvalue weighted by atomic mass is 16.2. The van der Waals surface area contributed by atoms with Gasteiger partial charge in [0.2, 0.25) is 0 Å². The summed E-state index contributed by atoms with van der Waals surface area (Å²) in [7, 11) is 0. The summed E-state index contributed by atoms with van der Waals surface area (Å²) in [4.78, 5) is 11.6. The second-order valence-corrected chi connectivity index (χ2v) is 5.56. The summed E-state index contributed by atoms with van der Waals surface area (Å²) in [6, 6.07) is 8.11. The summed E-state index contributed by atoms with van der Waals surface area (Å²) in [5.74, 6) is 0.708. The lowest BCUT2D eigenvalue weighted by Crippen LogP contribution is -2.30. The average Bonchev–Trinajstić information content (AvgIpc) is 3.14. The molecule has 1 aliphatic rings. The third kappa shape index (κ3) is 5.20. The second kappa shape index (κ2) is 6.45. The lowest BCUT2D eigenvalue weighted by atomic mass is 10.1. The molecule has 0 aromatic heterocycles. The largest absolute Gasteiger partial charge is 0.385 e. The summed E-state index contributed by atoms with van der Waals surface area (Å²) in [6.45, 7) is 5.41. The number of nitrogens with one attached hydrogen (secondary N) is 3. The quantitative estimate of drug-likeness (QED) is 0.735. The molecule has 0 spiro atoms. The molecule has 0 saturated heterocycles. The van der Waals surface area contributed by atoms with Gasteiger partial charge >= 0.3 is 6.03 Å². The standard InChI is InChI=1S/C15H23N3O/c1-11(2)9-10-16-12-3-5-13(6-4-12)17-15(19)18-14-7-8-14/h3-6,11,14,16H,7-10H2,1-2H3,(H2,17,18,19). The fourth-order valence-electron chi connectivity index (χ4n) is 1.76. The zero-order chi connectivity index (χ0) is 13.7. The van der Waals surface area contributed by atoms with Crippen LogP contribution in [0.5, 0.6) is 0 Å². The Morgan fingerprint density at radius 1 is 1.21 bits per heavy atom. The van der Waals surface area contributed by atoms with Gasteiger partial charge in [0.25, 0.3) is 0 Å². The van der Waals surface area contributed by atoms with Crippen molar-refractivity contribution in [3.05, 3.63) is 24.3 Å². The smallest absolute Gasteiger partial charge is 0.319 e. The molecule has 0 heterocycles. The van der Waals surface area contributed by atoms with Gasteiger partial charge < -0.3 is 16.0 Å². The predicted octanol–water partition coefficient (Wildman–Crippen LogP) is 3.43. The molecule has 1 aromatic rings. The van der Waals surface area contributed by atoms with Crippen LogP contribution in [0.2, 0.25) is 0 Å². The Kier molecular flexibility index (Phi) is 4.66. The van der Waals surface area contributed by atoms with Gasteiger partial charge in [0.15, 0.2) is 0 Å². The molecule has 1 fully saturated rings. The van der Waals surface area contributed by atoms with E-state index in [4.69, 9.17) is 0 Å². The molecule has 0 radical (unpaired) electrons. The molecule has 1 saturated carbocycles. The van der Waals surface area contributed by atoms with E-state index in [-0.39, 0.29) is 6.03 Å². The highest BCUT2D eigenvalue weighted by Gasteiger charge is 2.23. The maximum absolute atomic E-state index is 11.6. The van der Waals surface area contributed by atoms with Crippen LogP contribution in [0.25, 0.3) is 0 Å². The van der Waals surface area contributed by atoms with Crippen molar-refractivity contribution in [2.24, 2.45) is 5.92 Å². The summed E-state index contributed by atoms with van der Waals surface area (Å²) in [6.07, 6.45) is 3.36. The van der Waals surface area contributed by atoms with Gasteiger partial charge in [0.05, 0.1) is 0 Å². The fourth-order valence-corrected chi connectivity index (χ4v) is 1.76. The highest BCUT2D eigenvalue weighted by molar-refractivity contribution is 5.89. The monoisotopic (exact) mass is 261 g/mol. The van der Waals surface area contributed by atoms with Gasteiger partial charge in [-0.1, -0.05) is 13.8 Å². The zero-order valence-electron chi connectivity index (χ0n) is 11.7. The molecule has 2 amide bonds. The number of carbonyl (C=O) groups excluding carboxylic acids is 1. The van der Waals surface area contributed by atoms with Gasteiger partial charge in [-0.3, -0.25) is 0 Å². The van der Waals surface area contributed by atoms with Crippen molar-refractivity contribution in [2.45, 2.75) is 39.2 Å². The molecule has 1 aliphatic carbocycles. The van der Waals surface area contributed by atoms with Crippen molar-refractivity contribution < 1.29 is 4.79 Å². The van der Waals surface area contributed by atoms with Crippen LogP contribution in [0.1, 0.15) is 33.1 Å². The molecular weight excluding hydrogens is 238 g/mol. The number of carbonyl (C=O) groups is 1. The molecule has 1 aromatic carbocycles. The molecular formula is C15H23N3O. The molecule has 19 heavy (non-hydrogen) atoms. The number of urea groups is 1. The first kappa shape index (κ1) is 13.7. The van der Waals surface area contributed by atoms with Crippen LogP contribution in [-0.2, 0) is 0 Å². The summed E-state index contributed by atoms with van der Waals surface area (Å²) in [5, 5.41) is 9.11. The molecule has 4 heteroatoms. The molecule has 0 aliphatic heterocycles. The first-order valence-corrected chi connectivity index (χ1v) is 7.05. The first-order chi connectivity index (χ1) is 9.13. The summed E-state index contributed by atoms with van der Waals surface area (Å²) in [5.41, 5.74) is 1.92. The Balaban J connectivity index is 1.75. The Hall–Kier alpha value is -1.71. The first-order valence-electron chi connectivity index (χ1n) is 7.05. The van der Waals surface area contributed by atoms with Crippen LogP contribution in [0.3, 0.4) is 0 Å². The topological polar surface area (TPSA) is 53.2 Å². The SMILES string of the molecule is CC(C)CCNc1ccc(NC(=O)NC2CC2)cc1. The number of hydrogen-bond donors (Lipinski definition) is 3. The van der Waals surface area contributed by atoms with E-state index in [1.54, 1.807) is 0 Å². The minimum absolute atomic E-state index is 0.108. The van der Waals surface area contributed by atoms with Crippen molar-refractivity contribution in [1.82, 2.24) is 5.32 Å². The van der Waals surface area contributed by atoms with E-state index in [1.807, 2.05) is 24.3 Å². The van der Waals surface area contributed by atoms with Crippen molar-refractivity contribution >= 4 is 17.4 Å². The zero-order valence-corrected chi connectivity index (χ0v) is 11.7. The molecule has 4 nitrogen and oxygen atoms in total. The number of rotatable bonds is 6. The third-order valence-electron chi connectivity index (χ3n) is 3.11. The molecule has 3 N–H and O–H groups in total. The minimum atomic E-state index is -0.108. The molecule has 0 atom stereocenters. The van der Waals surface area contributed by atoms with Gasteiger partial charge in [-0.25, -0.2) is 4.79 Å². The number of anilines is 2. The lowest BCUT2D eigenvalue weighted by Gasteiger charge is -2.10. The Morgan fingerprint density at radius 2 is 1.84 bits per heavy atom. The molecule has 104 valence electrons. The molecule has 0 unspecified atom stereocenters. The Bertz CT molecular complexity index is 410. The van der Waals surface area contributed by atoms with Crippen molar-refractivity contribution in [3.8, 4) is 0 Å². The van der Waals surface area contributed by atoms with Gasteiger partial charge in [0, 0.05) is 24.0 Å². The van der Waals surface area contributed by atoms with Gasteiger partial charge in [-0.15, -0.1) is 0 Å². The summed E-state index contributed by atoms with van der Waals surface area (Å²) >= 11 is 0. The van der Waals surface area contributed by atoms with Gasteiger partial charge in [-0.05, 0) is 49.4 Å². The van der Waals surface area contributed by atoms with E-state index >= 15 is 0 Å². The van der Waals surface area contributed by atoms with Crippen LogP contribution < -0.4 is 16.0 Å². The normalized spacial score (nSPS) is 14.3. The van der Waals surface area contributed by atoms with Crippen LogP contribution in [0, 0.1) is 5.92 Å².